The number of pyridine rings is 1. The van der Waals surface area contributed by atoms with Crippen molar-refractivity contribution in [2.75, 3.05) is 10.6 Å². The summed E-state index contributed by atoms with van der Waals surface area (Å²) in [5.74, 6) is 0.173. The average Bonchev–Trinajstić information content (AvgIpc) is 2.50. The molecule has 5 nitrogen and oxygen atoms in total. The van der Waals surface area contributed by atoms with E-state index in [-0.39, 0.29) is 17.7 Å². The predicted octanol–water partition coefficient (Wildman–Crippen LogP) is 2.86. The fourth-order valence-corrected chi connectivity index (χ4v) is 1.80. The van der Waals surface area contributed by atoms with Gasteiger partial charge in [0.1, 0.15) is 5.82 Å². The molecule has 0 radical (unpaired) electrons. The Labute approximate surface area is 129 Å². The van der Waals surface area contributed by atoms with Gasteiger partial charge in [0.2, 0.25) is 11.8 Å². The molecule has 1 heterocycles. The fourth-order valence-electron chi connectivity index (χ4n) is 1.80. The van der Waals surface area contributed by atoms with Crippen LogP contribution in [0.25, 0.3) is 0 Å². The van der Waals surface area contributed by atoms with Crippen LogP contribution in [0.15, 0.2) is 48.7 Å². The molecule has 0 aliphatic carbocycles. The van der Waals surface area contributed by atoms with Crippen molar-refractivity contribution >= 4 is 23.3 Å². The number of rotatable bonds is 5. The number of carbonyl (C=O) groups is 2. The Hall–Kier alpha value is -2.69. The van der Waals surface area contributed by atoms with Crippen LogP contribution in [0.3, 0.4) is 0 Å². The molecule has 5 heteroatoms. The van der Waals surface area contributed by atoms with Gasteiger partial charge < -0.3 is 10.6 Å². The number of nitrogens with one attached hydrogen (secondary N) is 2. The van der Waals surface area contributed by atoms with E-state index in [4.69, 9.17) is 0 Å². The molecule has 0 bridgehead atoms. The average molecular weight is 297 g/mol. The second-order valence-corrected chi connectivity index (χ2v) is 5.29. The minimum atomic E-state index is -0.105. The lowest BCUT2D eigenvalue weighted by atomic mass is 10.1. The number of carbonyl (C=O) groups excluding carboxylic acids is 2. The van der Waals surface area contributed by atoms with E-state index in [0.717, 1.165) is 5.56 Å². The van der Waals surface area contributed by atoms with Gasteiger partial charge in [-0.3, -0.25) is 9.59 Å². The van der Waals surface area contributed by atoms with Crippen molar-refractivity contribution in [1.29, 1.82) is 0 Å². The number of nitrogens with zero attached hydrogens (tertiary/aromatic N) is 1. The van der Waals surface area contributed by atoms with Gasteiger partial charge in [0.05, 0.1) is 18.3 Å². The van der Waals surface area contributed by atoms with Crippen LogP contribution in [0.1, 0.15) is 19.4 Å². The summed E-state index contributed by atoms with van der Waals surface area (Å²) in [6, 6.07) is 12.9. The van der Waals surface area contributed by atoms with Crippen molar-refractivity contribution in [3.63, 3.8) is 0 Å². The van der Waals surface area contributed by atoms with Gasteiger partial charge in [-0.1, -0.05) is 44.2 Å². The first kappa shape index (κ1) is 15.7. The van der Waals surface area contributed by atoms with Crippen molar-refractivity contribution in [2.45, 2.75) is 20.3 Å². The first-order chi connectivity index (χ1) is 10.5. The van der Waals surface area contributed by atoms with Gasteiger partial charge in [-0.2, -0.15) is 0 Å². The van der Waals surface area contributed by atoms with E-state index in [1.807, 2.05) is 44.2 Å². The summed E-state index contributed by atoms with van der Waals surface area (Å²) in [5.41, 5.74) is 1.55. The third kappa shape index (κ3) is 4.70. The molecular weight excluding hydrogens is 278 g/mol. The number of benzene rings is 1. The monoisotopic (exact) mass is 297 g/mol. The molecule has 2 rings (SSSR count). The van der Waals surface area contributed by atoms with Gasteiger partial charge >= 0.3 is 0 Å². The van der Waals surface area contributed by atoms with Gasteiger partial charge in [-0.05, 0) is 17.7 Å². The first-order valence-corrected chi connectivity index (χ1v) is 7.15. The molecule has 0 saturated heterocycles. The Morgan fingerprint density at radius 2 is 1.77 bits per heavy atom. The van der Waals surface area contributed by atoms with E-state index in [0.29, 0.717) is 17.9 Å². The molecule has 0 atom stereocenters. The highest BCUT2D eigenvalue weighted by Crippen LogP contribution is 2.11. The number of hydrogen-bond acceptors (Lipinski definition) is 3. The maximum atomic E-state index is 11.9. The summed E-state index contributed by atoms with van der Waals surface area (Å²) in [6.45, 7) is 3.63. The fraction of sp³-hybridized carbons (Fsp3) is 0.235. The van der Waals surface area contributed by atoms with Gasteiger partial charge in [-0.25, -0.2) is 4.98 Å². The van der Waals surface area contributed by atoms with Gasteiger partial charge in [0.25, 0.3) is 0 Å². The lowest BCUT2D eigenvalue weighted by Crippen LogP contribution is -2.18. The van der Waals surface area contributed by atoms with Crippen molar-refractivity contribution in [1.82, 2.24) is 4.98 Å². The molecule has 2 N–H and O–H groups in total. The largest absolute Gasteiger partial charge is 0.324 e. The van der Waals surface area contributed by atoms with Crippen LogP contribution in [-0.2, 0) is 16.0 Å². The topological polar surface area (TPSA) is 71.1 Å². The molecule has 0 unspecified atom stereocenters. The highest BCUT2D eigenvalue weighted by Gasteiger charge is 2.08. The molecule has 0 aliphatic rings. The highest BCUT2D eigenvalue weighted by atomic mass is 16.2. The Bertz CT molecular complexity index is 637. The third-order valence-electron chi connectivity index (χ3n) is 3.03. The zero-order valence-corrected chi connectivity index (χ0v) is 12.7. The maximum Gasteiger partial charge on any atom is 0.228 e. The zero-order chi connectivity index (χ0) is 15.9. The molecule has 114 valence electrons. The first-order valence-electron chi connectivity index (χ1n) is 7.15. The van der Waals surface area contributed by atoms with Crippen molar-refractivity contribution in [3.05, 3.63) is 54.2 Å². The van der Waals surface area contributed by atoms with E-state index in [1.54, 1.807) is 12.1 Å². The lowest BCUT2D eigenvalue weighted by Gasteiger charge is -2.08. The van der Waals surface area contributed by atoms with Crippen LogP contribution in [0, 0.1) is 5.92 Å². The molecule has 0 saturated carbocycles. The summed E-state index contributed by atoms with van der Waals surface area (Å²) >= 11 is 0. The van der Waals surface area contributed by atoms with Crippen LogP contribution in [0.5, 0.6) is 0 Å². The summed E-state index contributed by atoms with van der Waals surface area (Å²) in [5, 5.41) is 5.48. The molecule has 2 amide bonds. The number of amides is 2. The molecule has 0 aliphatic heterocycles. The third-order valence-corrected chi connectivity index (χ3v) is 3.03. The van der Waals surface area contributed by atoms with Gasteiger partial charge in [0.15, 0.2) is 0 Å². The van der Waals surface area contributed by atoms with E-state index in [2.05, 4.69) is 15.6 Å². The number of anilines is 2. The summed E-state index contributed by atoms with van der Waals surface area (Å²) in [4.78, 5) is 27.6. The van der Waals surface area contributed by atoms with Crippen molar-refractivity contribution in [3.8, 4) is 0 Å². The highest BCUT2D eigenvalue weighted by molar-refractivity contribution is 5.93. The van der Waals surface area contributed by atoms with Gasteiger partial charge in [-0.15, -0.1) is 0 Å². The van der Waals surface area contributed by atoms with E-state index < -0.39 is 0 Å². The normalized spacial score (nSPS) is 10.3. The van der Waals surface area contributed by atoms with Crippen LogP contribution >= 0.6 is 0 Å². The molecule has 22 heavy (non-hydrogen) atoms. The molecule has 0 fully saturated rings. The van der Waals surface area contributed by atoms with Crippen molar-refractivity contribution < 1.29 is 9.59 Å². The molecule has 1 aromatic heterocycles. The molecular formula is C17H19N3O2. The Morgan fingerprint density at radius 1 is 1.05 bits per heavy atom. The predicted molar refractivity (Wildman–Crippen MR) is 86.5 cm³/mol. The second-order valence-electron chi connectivity index (χ2n) is 5.29. The SMILES string of the molecule is CC(C)C(=O)Nc1ccc(NC(=O)Cc2ccccc2)cn1. The second kappa shape index (κ2) is 7.36. The standard InChI is InChI=1S/C17H19N3O2/c1-12(2)17(22)20-15-9-8-14(11-18-15)19-16(21)10-13-6-4-3-5-7-13/h3-9,11-12H,10H2,1-2H3,(H,19,21)(H,18,20,22). The molecule has 1 aromatic carbocycles. The maximum absolute atomic E-state index is 11.9. The van der Waals surface area contributed by atoms with Gasteiger partial charge in [0, 0.05) is 5.92 Å². The molecule has 0 spiro atoms. The quantitative estimate of drug-likeness (QED) is 0.891. The van der Waals surface area contributed by atoms with E-state index >= 15 is 0 Å². The molecule has 2 aromatic rings. The van der Waals surface area contributed by atoms with Crippen LogP contribution < -0.4 is 10.6 Å². The minimum absolute atomic E-state index is 0.0895. The Morgan fingerprint density at radius 3 is 2.36 bits per heavy atom. The Kier molecular flexibility index (Phi) is 5.25. The van der Waals surface area contributed by atoms with Crippen LogP contribution in [0.2, 0.25) is 0 Å². The zero-order valence-electron chi connectivity index (χ0n) is 12.7. The Balaban J connectivity index is 1.91. The smallest absolute Gasteiger partial charge is 0.228 e. The van der Waals surface area contributed by atoms with E-state index in [9.17, 15) is 9.59 Å². The van der Waals surface area contributed by atoms with Crippen LogP contribution in [0.4, 0.5) is 11.5 Å². The summed E-state index contributed by atoms with van der Waals surface area (Å²) in [7, 11) is 0. The summed E-state index contributed by atoms with van der Waals surface area (Å²) in [6.07, 6.45) is 1.84. The van der Waals surface area contributed by atoms with Crippen molar-refractivity contribution in [2.24, 2.45) is 5.92 Å². The van der Waals surface area contributed by atoms with Crippen LogP contribution in [-0.4, -0.2) is 16.8 Å². The minimum Gasteiger partial charge on any atom is -0.324 e. The summed E-state index contributed by atoms with van der Waals surface area (Å²) < 4.78 is 0. The lowest BCUT2D eigenvalue weighted by molar-refractivity contribution is -0.119. The number of hydrogen-bond donors (Lipinski definition) is 2. The number of aromatic nitrogens is 1. The van der Waals surface area contributed by atoms with E-state index in [1.165, 1.54) is 6.20 Å².